The third-order valence-electron chi connectivity index (χ3n) is 2.87. The highest BCUT2D eigenvalue weighted by molar-refractivity contribution is 9.10. The molecule has 0 saturated carbocycles. The molecule has 0 aliphatic heterocycles. The first-order valence-corrected chi connectivity index (χ1v) is 6.72. The lowest BCUT2D eigenvalue weighted by Crippen LogP contribution is -2.07. The first kappa shape index (κ1) is 13.0. The summed E-state index contributed by atoms with van der Waals surface area (Å²) < 4.78 is 20.7. The van der Waals surface area contributed by atoms with E-state index in [9.17, 15) is 4.39 Å². The summed E-state index contributed by atoms with van der Waals surface area (Å²) in [4.78, 5) is 4.32. The quantitative estimate of drug-likeness (QED) is 0.735. The van der Waals surface area contributed by atoms with Gasteiger partial charge in [-0.2, -0.15) is 10.1 Å². The van der Waals surface area contributed by atoms with Crippen LogP contribution in [0.5, 0.6) is 0 Å². The molecule has 2 heterocycles. The Hall–Kier alpha value is -2.02. The Morgan fingerprint density at radius 3 is 2.70 bits per heavy atom. The van der Waals surface area contributed by atoms with E-state index >= 15 is 0 Å². The van der Waals surface area contributed by atoms with Gasteiger partial charge in [0.05, 0.1) is 10.7 Å². The second-order valence-corrected chi connectivity index (χ2v) is 5.19. The van der Waals surface area contributed by atoms with Crippen LogP contribution in [0.2, 0.25) is 0 Å². The van der Waals surface area contributed by atoms with Gasteiger partial charge in [-0.15, -0.1) is 0 Å². The summed E-state index contributed by atoms with van der Waals surface area (Å²) in [6.07, 6.45) is 3.51. The van der Waals surface area contributed by atoms with E-state index in [1.807, 2.05) is 13.1 Å². The zero-order chi connectivity index (χ0) is 14.1. The van der Waals surface area contributed by atoms with Crippen molar-refractivity contribution < 1.29 is 8.91 Å². The third-order valence-corrected chi connectivity index (χ3v) is 3.28. The Kier molecular flexibility index (Phi) is 3.35. The lowest BCUT2D eigenvalue weighted by molar-refractivity contribution is 0.336. The smallest absolute Gasteiger partial charge is 0.251 e. The molecule has 5 nitrogen and oxygen atoms in total. The Balaban J connectivity index is 1.88. The standard InChI is InChI=1S/C13H10BrFN4O/c1-8(19-7-10(14)6-16-19)13-17-12(18-20-13)9-2-4-11(15)5-3-9/h2-8H,1H3. The first-order valence-electron chi connectivity index (χ1n) is 5.92. The van der Waals surface area contributed by atoms with Gasteiger partial charge in [0.15, 0.2) is 0 Å². The molecule has 3 rings (SSSR count). The highest BCUT2D eigenvalue weighted by Gasteiger charge is 2.17. The lowest BCUT2D eigenvalue weighted by atomic mass is 10.2. The number of halogens is 2. The summed E-state index contributed by atoms with van der Waals surface area (Å²) in [5.41, 5.74) is 0.704. The van der Waals surface area contributed by atoms with Gasteiger partial charge in [0.2, 0.25) is 5.82 Å². The third kappa shape index (κ3) is 2.49. The molecule has 3 aromatic rings. The largest absolute Gasteiger partial charge is 0.337 e. The molecular formula is C13H10BrFN4O. The van der Waals surface area contributed by atoms with Crippen LogP contribution in [-0.4, -0.2) is 19.9 Å². The van der Waals surface area contributed by atoms with Crippen LogP contribution in [0.4, 0.5) is 4.39 Å². The fourth-order valence-electron chi connectivity index (χ4n) is 1.76. The van der Waals surface area contributed by atoms with E-state index in [1.54, 1.807) is 23.0 Å². The average molecular weight is 337 g/mol. The zero-order valence-corrected chi connectivity index (χ0v) is 12.1. The van der Waals surface area contributed by atoms with Gasteiger partial charge in [0, 0.05) is 11.8 Å². The highest BCUT2D eigenvalue weighted by atomic mass is 79.9. The van der Waals surface area contributed by atoms with Gasteiger partial charge in [0.1, 0.15) is 11.9 Å². The SMILES string of the molecule is CC(c1nc(-c2ccc(F)cc2)no1)n1cc(Br)cn1. The molecule has 0 aliphatic rings. The normalized spacial score (nSPS) is 12.6. The summed E-state index contributed by atoms with van der Waals surface area (Å²) >= 11 is 3.34. The van der Waals surface area contributed by atoms with Crippen LogP contribution in [0.1, 0.15) is 18.9 Å². The Morgan fingerprint density at radius 1 is 1.30 bits per heavy atom. The molecule has 0 aliphatic carbocycles. The molecule has 0 spiro atoms. The van der Waals surface area contributed by atoms with Crippen molar-refractivity contribution in [3.8, 4) is 11.4 Å². The summed E-state index contributed by atoms with van der Waals surface area (Å²) in [7, 11) is 0. The lowest BCUT2D eigenvalue weighted by Gasteiger charge is -2.05. The van der Waals surface area contributed by atoms with Crippen LogP contribution in [0.3, 0.4) is 0 Å². The number of aromatic nitrogens is 4. The van der Waals surface area contributed by atoms with Gasteiger partial charge in [0.25, 0.3) is 5.89 Å². The average Bonchev–Trinajstić information content (AvgIpc) is 3.08. The van der Waals surface area contributed by atoms with E-state index in [-0.39, 0.29) is 11.9 Å². The van der Waals surface area contributed by atoms with Crippen LogP contribution < -0.4 is 0 Å². The van der Waals surface area contributed by atoms with Crippen molar-refractivity contribution >= 4 is 15.9 Å². The monoisotopic (exact) mass is 336 g/mol. The van der Waals surface area contributed by atoms with E-state index in [4.69, 9.17) is 4.52 Å². The van der Waals surface area contributed by atoms with Crippen molar-refractivity contribution in [2.45, 2.75) is 13.0 Å². The summed E-state index contributed by atoms with van der Waals surface area (Å²) in [6, 6.07) is 5.76. The molecule has 1 unspecified atom stereocenters. The fourth-order valence-corrected chi connectivity index (χ4v) is 2.06. The van der Waals surface area contributed by atoms with E-state index in [1.165, 1.54) is 12.1 Å². The Morgan fingerprint density at radius 2 is 2.05 bits per heavy atom. The molecule has 0 saturated heterocycles. The minimum absolute atomic E-state index is 0.178. The zero-order valence-electron chi connectivity index (χ0n) is 10.5. The van der Waals surface area contributed by atoms with Crippen molar-refractivity contribution in [1.82, 2.24) is 19.9 Å². The minimum Gasteiger partial charge on any atom is -0.337 e. The molecule has 2 aromatic heterocycles. The molecule has 1 atom stereocenters. The number of nitrogens with zero attached hydrogens (tertiary/aromatic N) is 4. The van der Waals surface area contributed by atoms with Crippen LogP contribution in [0.25, 0.3) is 11.4 Å². The predicted octanol–water partition coefficient (Wildman–Crippen LogP) is 3.44. The van der Waals surface area contributed by atoms with Crippen molar-refractivity contribution in [1.29, 1.82) is 0 Å². The van der Waals surface area contributed by atoms with Crippen molar-refractivity contribution in [3.63, 3.8) is 0 Å². The Bertz CT molecular complexity index is 722. The Labute approximate surface area is 122 Å². The maximum Gasteiger partial charge on any atom is 0.251 e. The predicted molar refractivity (Wildman–Crippen MR) is 73.4 cm³/mol. The van der Waals surface area contributed by atoms with Gasteiger partial charge in [-0.05, 0) is 47.1 Å². The second-order valence-electron chi connectivity index (χ2n) is 4.28. The molecule has 0 fully saturated rings. The number of benzene rings is 1. The minimum atomic E-state index is -0.299. The summed E-state index contributed by atoms with van der Waals surface area (Å²) in [6.45, 7) is 1.90. The maximum atomic E-state index is 12.9. The van der Waals surface area contributed by atoms with Gasteiger partial charge in [-0.1, -0.05) is 5.16 Å². The van der Waals surface area contributed by atoms with Crippen molar-refractivity contribution in [2.75, 3.05) is 0 Å². The molecule has 102 valence electrons. The van der Waals surface area contributed by atoms with E-state index in [0.29, 0.717) is 17.3 Å². The van der Waals surface area contributed by atoms with Crippen LogP contribution in [0, 0.1) is 5.82 Å². The van der Waals surface area contributed by atoms with Crippen LogP contribution in [-0.2, 0) is 0 Å². The molecule has 20 heavy (non-hydrogen) atoms. The van der Waals surface area contributed by atoms with Crippen molar-refractivity contribution in [3.05, 3.63) is 52.8 Å². The topological polar surface area (TPSA) is 56.7 Å². The number of rotatable bonds is 3. The van der Waals surface area contributed by atoms with Gasteiger partial charge in [-0.25, -0.2) is 4.39 Å². The molecule has 1 aromatic carbocycles. The van der Waals surface area contributed by atoms with Crippen molar-refractivity contribution in [2.24, 2.45) is 0 Å². The van der Waals surface area contributed by atoms with Crippen LogP contribution >= 0.6 is 15.9 Å². The summed E-state index contributed by atoms with van der Waals surface area (Å²) in [5.74, 6) is 0.574. The van der Waals surface area contributed by atoms with E-state index < -0.39 is 0 Å². The highest BCUT2D eigenvalue weighted by Crippen LogP contribution is 2.21. The molecule has 0 bridgehead atoms. The molecular weight excluding hydrogens is 327 g/mol. The number of hydrogen-bond donors (Lipinski definition) is 0. The molecule has 0 N–H and O–H groups in total. The molecule has 0 amide bonds. The van der Waals surface area contributed by atoms with Gasteiger partial charge < -0.3 is 4.52 Å². The maximum absolute atomic E-state index is 12.9. The molecule has 7 heteroatoms. The molecule has 0 radical (unpaired) electrons. The fraction of sp³-hybridized carbons (Fsp3) is 0.154. The first-order chi connectivity index (χ1) is 9.63. The summed E-state index contributed by atoms with van der Waals surface area (Å²) in [5, 5.41) is 8.09. The van der Waals surface area contributed by atoms with Crippen LogP contribution in [0.15, 0.2) is 45.7 Å². The van der Waals surface area contributed by atoms with E-state index in [0.717, 1.165) is 4.47 Å². The number of hydrogen-bond acceptors (Lipinski definition) is 4. The van der Waals surface area contributed by atoms with Gasteiger partial charge >= 0.3 is 0 Å². The van der Waals surface area contributed by atoms with Gasteiger partial charge in [-0.3, -0.25) is 4.68 Å². The van der Waals surface area contributed by atoms with E-state index in [2.05, 4.69) is 31.2 Å². The second kappa shape index (κ2) is 5.16.